The van der Waals surface area contributed by atoms with Crippen LogP contribution in [-0.2, 0) is 19.1 Å². The van der Waals surface area contributed by atoms with Crippen molar-refractivity contribution in [3.05, 3.63) is 34.9 Å². The van der Waals surface area contributed by atoms with Crippen LogP contribution in [0.5, 0.6) is 0 Å². The highest BCUT2D eigenvalue weighted by Gasteiger charge is 2.78. The zero-order chi connectivity index (χ0) is 25.4. The monoisotopic (exact) mass is 507 g/mol. The van der Waals surface area contributed by atoms with E-state index in [0.29, 0.717) is 5.32 Å². The second-order valence-electron chi connectivity index (χ2n) is 7.16. The van der Waals surface area contributed by atoms with Crippen molar-refractivity contribution in [2.24, 2.45) is 11.8 Å². The molecular formula is C19H20ClF6NO6. The number of rotatable bonds is 5. The van der Waals surface area contributed by atoms with Gasteiger partial charge in [-0.3, -0.25) is 9.59 Å². The van der Waals surface area contributed by atoms with Gasteiger partial charge in [0, 0.05) is 10.9 Å². The van der Waals surface area contributed by atoms with Crippen molar-refractivity contribution in [2.75, 3.05) is 13.2 Å². The van der Waals surface area contributed by atoms with Crippen molar-refractivity contribution in [1.29, 1.82) is 0 Å². The van der Waals surface area contributed by atoms with E-state index in [4.69, 9.17) is 11.6 Å². The van der Waals surface area contributed by atoms with Gasteiger partial charge in [-0.1, -0.05) is 29.8 Å². The lowest BCUT2D eigenvalue weighted by molar-refractivity contribution is -0.376. The molecule has 0 amide bonds. The third-order valence-corrected chi connectivity index (χ3v) is 5.55. The zero-order valence-electron chi connectivity index (χ0n) is 17.1. The fourth-order valence-electron chi connectivity index (χ4n) is 3.86. The highest BCUT2D eigenvalue weighted by Crippen LogP contribution is 2.56. The van der Waals surface area contributed by atoms with Crippen LogP contribution >= 0.6 is 11.6 Å². The third kappa shape index (κ3) is 4.63. The highest BCUT2D eigenvalue weighted by molar-refractivity contribution is 6.31. The van der Waals surface area contributed by atoms with Crippen molar-refractivity contribution < 1.29 is 55.6 Å². The Bertz CT molecular complexity index is 848. The Hall–Kier alpha value is -2.09. The Labute approximate surface area is 188 Å². The van der Waals surface area contributed by atoms with Gasteiger partial charge in [-0.05, 0) is 25.5 Å². The van der Waals surface area contributed by atoms with Crippen LogP contribution in [0, 0.1) is 11.8 Å². The number of nitrogens with one attached hydrogen (secondary N) is 1. The molecule has 0 spiro atoms. The minimum Gasteiger partial charge on any atom is -0.466 e. The van der Waals surface area contributed by atoms with Crippen molar-refractivity contribution in [3.8, 4) is 0 Å². The van der Waals surface area contributed by atoms with E-state index in [9.17, 15) is 46.1 Å². The maximum absolute atomic E-state index is 14.0. The molecule has 2 rings (SSSR count). The van der Waals surface area contributed by atoms with E-state index in [1.165, 1.54) is 26.0 Å². The van der Waals surface area contributed by atoms with Crippen LogP contribution in [0.4, 0.5) is 26.3 Å². The molecule has 0 bridgehead atoms. The number of esters is 2. The van der Waals surface area contributed by atoms with E-state index in [1.54, 1.807) is 0 Å². The lowest BCUT2D eigenvalue weighted by Gasteiger charge is -2.54. The number of halogens is 7. The Kier molecular flexibility index (Phi) is 7.63. The van der Waals surface area contributed by atoms with E-state index in [1.807, 2.05) is 0 Å². The van der Waals surface area contributed by atoms with Crippen molar-refractivity contribution in [1.82, 2.24) is 5.32 Å². The first kappa shape index (κ1) is 27.2. The molecule has 0 aromatic heterocycles. The summed E-state index contributed by atoms with van der Waals surface area (Å²) in [5.74, 6) is -11.8. The topological polar surface area (TPSA) is 105 Å². The average Bonchev–Trinajstić information content (AvgIpc) is 2.66. The predicted molar refractivity (Wildman–Crippen MR) is 99.6 cm³/mol. The number of piperidine rings is 1. The summed E-state index contributed by atoms with van der Waals surface area (Å²) >= 11 is 6.02. The van der Waals surface area contributed by atoms with Gasteiger partial charge in [-0.15, -0.1) is 0 Å². The van der Waals surface area contributed by atoms with Crippen LogP contribution in [0.2, 0.25) is 5.02 Å². The minimum absolute atomic E-state index is 0.429. The molecule has 0 saturated carbocycles. The number of ether oxygens (including phenoxy) is 2. The molecule has 1 aromatic carbocycles. The third-order valence-electron chi connectivity index (χ3n) is 5.21. The van der Waals surface area contributed by atoms with Gasteiger partial charge in [0.25, 0.3) is 0 Å². The van der Waals surface area contributed by atoms with Crippen molar-refractivity contribution >= 4 is 23.5 Å². The molecule has 7 nitrogen and oxygen atoms in total. The second-order valence-corrected chi connectivity index (χ2v) is 7.57. The van der Waals surface area contributed by atoms with Gasteiger partial charge in [0.15, 0.2) is 0 Å². The fraction of sp³-hybridized carbons (Fsp3) is 0.579. The summed E-state index contributed by atoms with van der Waals surface area (Å²) in [6, 6.07) is 4.51. The number of hydrogen-bond acceptors (Lipinski definition) is 7. The first-order chi connectivity index (χ1) is 15.1. The summed E-state index contributed by atoms with van der Waals surface area (Å²) in [5.41, 5.74) is -9.92. The second kappa shape index (κ2) is 9.28. The van der Waals surface area contributed by atoms with Gasteiger partial charge < -0.3 is 19.7 Å². The number of hydrogen-bond donors (Lipinski definition) is 3. The van der Waals surface area contributed by atoms with Crippen LogP contribution in [0.1, 0.15) is 25.3 Å². The minimum atomic E-state index is -5.96. The summed E-state index contributed by atoms with van der Waals surface area (Å²) < 4.78 is 93.4. The van der Waals surface area contributed by atoms with Gasteiger partial charge in [-0.25, -0.2) is 5.32 Å². The highest BCUT2D eigenvalue weighted by atomic mass is 35.5. The number of benzene rings is 1. The zero-order valence-corrected chi connectivity index (χ0v) is 17.9. The summed E-state index contributed by atoms with van der Waals surface area (Å²) in [4.78, 5) is 25.3. The molecule has 1 aliphatic rings. The Morgan fingerprint density at radius 3 is 1.67 bits per heavy atom. The Balaban J connectivity index is 3.00. The molecule has 1 unspecified atom stereocenters. The van der Waals surface area contributed by atoms with E-state index < -0.39 is 77.3 Å². The van der Waals surface area contributed by atoms with E-state index >= 15 is 0 Å². The van der Waals surface area contributed by atoms with Crippen molar-refractivity contribution in [2.45, 2.75) is 43.6 Å². The maximum Gasteiger partial charge on any atom is 0.432 e. The number of alkyl halides is 6. The first-order valence-corrected chi connectivity index (χ1v) is 9.89. The summed E-state index contributed by atoms with van der Waals surface area (Å²) in [5, 5.41) is 21.3. The molecule has 33 heavy (non-hydrogen) atoms. The molecule has 0 radical (unpaired) electrons. The predicted octanol–water partition coefficient (Wildman–Crippen LogP) is 2.89. The van der Waals surface area contributed by atoms with E-state index in [2.05, 4.69) is 9.47 Å². The molecule has 3 N–H and O–H groups in total. The molecule has 0 aliphatic carbocycles. The van der Waals surface area contributed by atoms with Gasteiger partial charge >= 0.3 is 24.3 Å². The molecule has 1 aromatic rings. The molecule has 1 saturated heterocycles. The first-order valence-electron chi connectivity index (χ1n) is 9.52. The number of aliphatic hydroxyl groups is 2. The van der Waals surface area contributed by atoms with Crippen LogP contribution in [0.3, 0.4) is 0 Å². The summed E-state index contributed by atoms with van der Waals surface area (Å²) in [6.45, 7) is 1.40. The molecular weight excluding hydrogens is 488 g/mol. The molecule has 1 aliphatic heterocycles. The summed E-state index contributed by atoms with van der Waals surface area (Å²) in [7, 11) is 0. The van der Waals surface area contributed by atoms with Crippen LogP contribution in [-0.4, -0.2) is 59.2 Å². The number of carbonyl (C=O) groups is 2. The lowest BCUT2D eigenvalue weighted by atomic mass is 9.64. The van der Waals surface area contributed by atoms with E-state index in [-0.39, 0.29) is 0 Å². The molecule has 14 heteroatoms. The van der Waals surface area contributed by atoms with Crippen LogP contribution in [0.15, 0.2) is 24.3 Å². The van der Waals surface area contributed by atoms with Crippen LogP contribution in [0.25, 0.3) is 0 Å². The Morgan fingerprint density at radius 2 is 1.33 bits per heavy atom. The number of carbonyl (C=O) groups excluding carboxylic acids is 2. The molecule has 1 fully saturated rings. The summed E-state index contributed by atoms with van der Waals surface area (Å²) in [6.07, 6.45) is -11.9. The largest absolute Gasteiger partial charge is 0.466 e. The standard InChI is InChI=1S/C19H20ClF6NO6/c1-3-32-14(28)12-11(9-7-5-6-8-10(9)20)13(15(29)33-4-2)17(31,19(24,25)26)27-16(12,30)18(21,22)23/h5-8,11-13,27,30-31H,3-4H2,1-2H3/t11?,12-,13-,16-,17+/m0/s1. The Morgan fingerprint density at radius 1 is 0.939 bits per heavy atom. The average molecular weight is 508 g/mol. The SMILES string of the molecule is CCOC(=O)[C@@H]1C(c2ccccc2Cl)[C@@H](C(=O)OCC)[C@](O)(C(F)(F)F)N[C@]1(O)C(F)(F)F. The van der Waals surface area contributed by atoms with Gasteiger partial charge in [0.1, 0.15) is 11.8 Å². The van der Waals surface area contributed by atoms with Crippen LogP contribution < -0.4 is 5.32 Å². The molecule has 5 atom stereocenters. The lowest BCUT2D eigenvalue weighted by Crippen LogP contribution is -2.81. The molecule has 186 valence electrons. The maximum atomic E-state index is 14.0. The van der Waals surface area contributed by atoms with Gasteiger partial charge in [0.05, 0.1) is 13.2 Å². The van der Waals surface area contributed by atoms with Gasteiger partial charge in [-0.2, -0.15) is 26.3 Å². The van der Waals surface area contributed by atoms with Gasteiger partial charge in [0.2, 0.25) is 11.4 Å². The van der Waals surface area contributed by atoms with Crippen molar-refractivity contribution in [3.63, 3.8) is 0 Å². The van der Waals surface area contributed by atoms with E-state index in [0.717, 1.165) is 12.1 Å². The smallest absolute Gasteiger partial charge is 0.432 e. The fourth-order valence-corrected chi connectivity index (χ4v) is 4.12. The quantitative estimate of drug-likeness (QED) is 0.416. The molecule has 1 heterocycles. The normalized spacial score (nSPS) is 30.6.